The Labute approximate surface area is 448 Å². The van der Waals surface area contributed by atoms with Gasteiger partial charge in [-0.2, -0.15) is 0 Å². The lowest BCUT2D eigenvalue weighted by molar-refractivity contribution is 0.590. The summed E-state index contributed by atoms with van der Waals surface area (Å²) in [6, 6.07) is 87.2. The number of nitrogens with zero attached hydrogens (tertiary/aromatic N) is 2. The highest BCUT2D eigenvalue weighted by atomic mass is 16.3. The van der Waals surface area contributed by atoms with E-state index in [2.05, 4.69) is 302 Å². The first-order valence-electron chi connectivity index (χ1n) is 26.8. The largest absolute Gasteiger partial charge is 0.456 e. The number of rotatable bonds is 10. The van der Waals surface area contributed by atoms with Gasteiger partial charge in [-0.3, -0.25) is 0 Å². The highest BCUT2D eigenvalue weighted by Crippen LogP contribution is 2.46. The van der Waals surface area contributed by atoms with Crippen LogP contribution in [0.2, 0.25) is 0 Å². The number of fused-ring (bicyclic) bond motifs is 5. The second-order valence-corrected chi connectivity index (χ2v) is 22.9. The Balaban J connectivity index is 0.967. The van der Waals surface area contributed by atoms with E-state index < -0.39 is 0 Å². The Bertz CT molecular complexity index is 4080. The summed E-state index contributed by atoms with van der Waals surface area (Å²) >= 11 is 0. The molecule has 0 saturated carbocycles. The van der Waals surface area contributed by atoms with E-state index in [0.29, 0.717) is 5.92 Å². The average molecular weight is 985 g/mol. The first-order valence-corrected chi connectivity index (χ1v) is 26.8. The maximum atomic E-state index is 6.90. The van der Waals surface area contributed by atoms with Crippen molar-refractivity contribution in [1.29, 1.82) is 0 Å². The van der Waals surface area contributed by atoms with Crippen LogP contribution in [0.15, 0.2) is 241 Å². The fourth-order valence-corrected chi connectivity index (χ4v) is 11.0. The predicted molar refractivity (Wildman–Crippen MR) is 326 cm³/mol. The van der Waals surface area contributed by atoms with E-state index in [1.807, 2.05) is 0 Å². The normalized spacial score (nSPS) is 12.1. The van der Waals surface area contributed by atoms with Crippen LogP contribution >= 0.6 is 0 Å². The lowest BCUT2D eigenvalue weighted by atomic mass is 9.86. The van der Waals surface area contributed by atoms with Gasteiger partial charge in [0.05, 0.1) is 11.4 Å². The average Bonchev–Trinajstić information content (AvgIpc) is 3.90. The molecule has 0 spiro atoms. The van der Waals surface area contributed by atoms with E-state index in [1.54, 1.807) is 0 Å². The molecule has 0 aliphatic rings. The molecule has 12 aromatic rings. The summed E-state index contributed by atoms with van der Waals surface area (Å²) in [6.45, 7) is 18.1. The zero-order valence-corrected chi connectivity index (χ0v) is 44.9. The van der Waals surface area contributed by atoms with Gasteiger partial charge in [-0.1, -0.05) is 207 Å². The summed E-state index contributed by atoms with van der Waals surface area (Å²) < 4.78 is 6.90. The van der Waals surface area contributed by atoms with Crippen LogP contribution in [0.25, 0.3) is 76.9 Å². The smallest absolute Gasteiger partial charge is 0.136 e. The Morgan fingerprint density at radius 3 is 1.28 bits per heavy atom. The highest BCUT2D eigenvalue weighted by Gasteiger charge is 2.23. The van der Waals surface area contributed by atoms with Gasteiger partial charge in [0, 0.05) is 44.6 Å². The minimum Gasteiger partial charge on any atom is -0.456 e. The van der Waals surface area contributed by atoms with Crippen molar-refractivity contribution in [3.8, 4) is 33.4 Å². The van der Waals surface area contributed by atoms with Crippen LogP contribution in [0, 0.1) is 0 Å². The van der Waals surface area contributed by atoms with E-state index in [9.17, 15) is 0 Å². The third-order valence-electron chi connectivity index (χ3n) is 15.3. The summed E-state index contributed by atoms with van der Waals surface area (Å²) in [6.07, 6.45) is 0. The lowest BCUT2D eigenvalue weighted by Crippen LogP contribution is -2.13. The van der Waals surface area contributed by atoms with Crippen molar-refractivity contribution in [3.63, 3.8) is 0 Å². The predicted octanol–water partition coefficient (Wildman–Crippen LogP) is 21.6. The molecular weight excluding hydrogens is 921 g/mol. The Morgan fingerprint density at radius 2 is 0.763 bits per heavy atom. The molecule has 0 radical (unpaired) electrons. The van der Waals surface area contributed by atoms with Crippen LogP contribution in [-0.4, -0.2) is 0 Å². The molecule has 0 bridgehead atoms. The van der Waals surface area contributed by atoms with Gasteiger partial charge in [0.2, 0.25) is 0 Å². The first kappa shape index (κ1) is 48.3. The molecule has 1 aromatic heterocycles. The van der Waals surface area contributed by atoms with Crippen LogP contribution in [0.3, 0.4) is 0 Å². The van der Waals surface area contributed by atoms with Crippen molar-refractivity contribution < 1.29 is 4.42 Å². The van der Waals surface area contributed by atoms with Crippen molar-refractivity contribution >= 4 is 77.6 Å². The molecule has 76 heavy (non-hydrogen) atoms. The Hall–Kier alpha value is -8.66. The Morgan fingerprint density at radius 1 is 0.329 bits per heavy atom. The molecule has 0 saturated heterocycles. The molecule has 11 aromatic carbocycles. The maximum absolute atomic E-state index is 6.90. The molecule has 0 fully saturated rings. The van der Waals surface area contributed by atoms with Crippen LogP contribution in [0.4, 0.5) is 34.1 Å². The molecule has 0 amide bonds. The second kappa shape index (κ2) is 19.2. The van der Waals surface area contributed by atoms with E-state index in [0.717, 1.165) is 77.6 Å². The van der Waals surface area contributed by atoms with Gasteiger partial charge in [-0.05, 0) is 162 Å². The number of para-hydroxylation sites is 2. The minimum atomic E-state index is 0.0379. The van der Waals surface area contributed by atoms with Gasteiger partial charge < -0.3 is 14.2 Å². The summed E-state index contributed by atoms with van der Waals surface area (Å²) in [7, 11) is 0. The van der Waals surface area contributed by atoms with E-state index in [4.69, 9.17) is 4.42 Å². The summed E-state index contributed by atoms with van der Waals surface area (Å²) in [5.74, 6) is 0.465. The molecule has 3 nitrogen and oxygen atoms in total. The van der Waals surface area contributed by atoms with Gasteiger partial charge in [-0.15, -0.1) is 0 Å². The monoisotopic (exact) mass is 985 g/mol. The lowest BCUT2D eigenvalue weighted by Gasteiger charge is -2.29. The van der Waals surface area contributed by atoms with E-state index in [1.165, 1.54) is 50.1 Å². The molecule has 0 atom stereocenters. The van der Waals surface area contributed by atoms with Crippen molar-refractivity contribution in [2.75, 3.05) is 9.80 Å². The standard InChI is InChI=1S/C73H64N2O/c1-48(2)49-25-27-51(28-26-49)64-21-12-14-23-68(64)74(60-39-35-59(36-40-60)73(6,7)8)62-37-31-54-44-66-67-45-55-32-38-63(43-57(55)47-71(67)76-70(66)46-56(54)42-62)75(61-20-16-19-53(41-61)50-17-10-9-11-18-50)69-24-15-13-22-65(69)52-29-33-58(34-30-52)72(3,4)5/h9-48H,1-8H3. The third-order valence-corrected chi connectivity index (χ3v) is 15.3. The number of hydrogen-bond donors (Lipinski definition) is 0. The van der Waals surface area contributed by atoms with Crippen LogP contribution < -0.4 is 9.80 Å². The molecule has 0 N–H and O–H groups in total. The minimum absolute atomic E-state index is 0.0379. The zero-order valence-electron chi connectivity index (χ0n) is 44.9. The molecule has 12 rings (SSSR count). The van der Waals surface area contributed by atoms with Crippen molar-refractivity contribution in [3.05, 3.63) is 253 Å². The summed E-state index contributed by atoms with van der Waals surface area (Å²) in [4.78, 5) is 4.82. The first-order chi connectivity index (χ1) is 36.7. The van der Waals surface area contributed by atoms with Crippen LogP contribution in [0.5, 0.6) is 0 Å². The fraction of sp³-hybridized carbons (Fsp3) is 0.151. The van der Waals surface area contributed by atoms with Gasteiger partial charge in [0.25, 0.3) is 0 Å². The van der Waals surface area contributed by atoms with Crippen LogP contribution in [0.1, 0.15) is 78.0 Å². The number of benzene rings is 11. The van der Waals surface area contributed by atoms with E-state index >= 15 is 0 Å². The Kier molecular flexibility index (Phi) is 12.2. The number of anilines is 6. The summed E-state index contributed by atoms with van der Waals surface area (Å²) in [5.41, 5.74) is 19.4. The third kappa shape index (κ3) is 9.21. The van der Waals surface area contributed by atoms with Gasteiger partial charge >= 0.3 is 0 Å². The molecule has 372 valence electrons. The van der Waals surface area contributed by atoms with Crippen molar-refractivity contribution in [2.45, 2.75) is 72.1 Å². The zero-order chi connectivity index (χ0) is 52.3. The molecular formula is C73H64N2O. The van der Waals surface area contributed by atoms with Crippen molar-refractivity contribution in [1.82, 2.24) is 0 Å². The molecule has 1 heterocycles. The van der Waals surface area contributed by atoms with Gasteiger partial charge in [-0.25, -0.2) is 0 Å². The topological polar surface area (TPSA) is 19.6 Å². The van der Waals surface area contributed by atoms with Gasteiger partial charge in [0.1, 0.15) is 11.2 Å². The van der Waals surface area contributed by atoms with Crippen LogP contribution in [-0.2, 0) is 10.8 Å². The molecule has 0 unspecified atom stereocenters. The fourth-order valence-electron chi connectivity index (χ4n) is 11.0. The number of hydrogen-bond acceptors (Lipinski definition) is 3. The molecule has 0 aliphatic heterocycles. The SMILES string of the molecule is CC(C)c1ccc(-c2ccccc2N(c2ccc(C(C)(C)C)cc2)c2ccc3cc4c(cc3c2)oc2cc3cc(N(c5cccc(-c6ccccc6)c5)c5ccccc5-c5ccc(C(C)(C)C)cc5)ccc3cc24)cc1. The highest BCUT2D eigenvalue weighted by molar-refractivity contribution is 6.14. The summed E-state index contributed by atoms with van der Waals surface area (Å²) in [5, 5.41) is 6.76. The second-order valence-electron chi connectivity index (χ2n) is 22.9. The maximum Gasteiger partial charge on any atom is 0.136 e. The number of furan rings is 1. The van der Waals surface area contributed by atoms with Gasteiger partial charge in [0.15, 0.2) is 0 Å². The molecule has 3 heteroatoms. The van der Waals surface area contributed by atoms with E-state index in [-0.39, 0.29) is 10.8 Å². The molecule has 0 aliphatic carbocycles. The quantitative estimate of drug-likeness (QED) is 0.136. The van der Waals surface area contributed by atoms with Crippen molar-refractivity contribution in [2.24, 2.45) is 0 Å².